The molecule has 1 radical (unpaired) electrons. The van der Waals surface area contributed by atoms with E-state index in [4.69, 9.17) is 0 Å². The van der Waals surface area contributed by atoms with Crippen molar-refractivity contribution in [3.05, 3.63) is 54.1 Å². The van der Waals surface area contributed by atoms with Gasteiger partial charge in [0, 0.05) is 53.8 Å². The molecule has 0 saturated heterocycles. The molecule has 27 heavy (non-hydrogen) atoms. The molecule has 1 aliphatic rings. The van der Waals surface area contributed by atoms with Gasteiger partial charge in [-0.25, -0.2) is 0 Å². The molecule has 0 amide bonds. The number of para-hydroxylation sites is 1. The SMILES string of the molecule is CN(CCCN=Cc1ccccc1O)CCCN=CC1C=CC=CC1O.[Co]. The molecule has 0 bridgehead atoms. The van der Waals surface area contributed by atoms with Gasteiger partial charge in [0.1, 0.15) is 5.75 Å². The van der Waals surface area contributed by atoms with E-state index in [2.05, 4.69) is 21.9 Å². The Hall–Kier alpha value is -1.73. The number of aromatic hydroxyl groups is 1. The van der Waals surface area contributed by atoms with Crippen LogP contribution in [0.2, 0.25) is 0 Å². The third kappa shape index (κ3) is 9.15. The molecule has 1 aromatic rings. The molecule has 1 aliphatic carbocycles. The smallest absolute Gasteiger partial charge is 0.124 e. The molecule has 6 heteroatoms. The number of phenols is 1. The van der Waals surface area contributed by atoms with E-state index in [0.29, 0.717) is 0 Å². The molecule has 149 valence electrons. The molecule has 0 spiro atoms. The number of rotatable bonds is 10. The maximum Gasteiger partial charge on any atom is 0.124 e. The summed E-state index contributed by atoms with van der Waals surface area (Å²) in [7, 11) is 2.11. The van der Waals surface area contributed by atoms with Gasteiger partial charge >= 0.3 is 0 Å². The number of benzene rings is 1. The summed E-state index contributed by atoms with van der Waals surface area (Å²) in [5.74, 6) is 0.265. The van der Waals surface area contributed by atoms with Crippen molar-refractivity contribution in [1.29, 1.82) is 0 Å². The van der Waals surface area contributed by atoms with Gasteiger partial charge in [-0.2, -0.15) is 0 Å². The van der Waals surface area contributed by atoms with E-state index >= 15 is 0 Å². The topological polar surface area (TPSA) is 68.4 Å². The summed E-state index contributed by atoms with van der Waals surface area (Å²) in [4.78, 5) is 11.1. The second kappa shape index (κ2) is 13.4. The predicted octanol–water partition coefficient (Wildman–Crippen LogP) is 2.69. The minimum absolute atomic E-state index is 0. The fourth-order valence-corrected chi connectivity index (χ4v) is 2.68. The first-order chi connectivity index (χ1) is 12.7. The van der Waals surface area contributed by atoms with Crippen molar-refractivity contribution in [2.45, 2.75) is 18.9 Å². The van der Waals surface area contributed by atoms with Crippen LogP contribution in [0.5, 0.6) is 5.75 Å². The zero-order chi connectivity index (χ0) is 18.6. The largest absolute Gasteiger partial charge is 0.507 e. The molecule has 2 N–H and O–H groups in total. The van der Waals surface area contributed by atoms with Gasteiger partial charge in [0.15, 0.2) is 0 Å². The maximum absolute atomic E-state index is 9.78. The monoisotopic (exact) mass is 414 g/mol. The summed E-state index contributed by atoms with van der Waals surface area (Å²) < 4.78 is 0. The van der Waals surface area contributed by atoms with E-state index in [1.807, 2.05) is 36.6 Å². The average Bonchev–Trinajstić information content (AvgIpc) is 2.64. The van der Waals surface area contributed by atoms with Gasteiger partial charge in [0.05, 0.1) is 6.10 Å². The first-order valence-corrected chi connectivity index (χ1v) is 9.16. The number of phenolic OH excluding ortho intramolecular Hbond substituents is 1. The molecule has 2 atom stereocenters. The molecular weight excluding hydrogens is 385 g/mol. The van der Waals surface area contributed by atoms with Gasteiger partial charge in [-0.3, -0.25) is 9.98 Å². The summed E-state index contributed by atoms with van der Waals surface area (Å²) in [6.07, 6.45) is 12.7. The summed E-state index contributed by atoms with van der Waals surface area (Å²) in [6.45, 7) is 3.49. The fourth-order valence-electron chi connectivity index (χ4n) is 2.68. The number of aliphatic imine (C=N–C) groups is 2. The van der Waals surface area contributed by atoms with Crippen molar-refractivity contribution >= 4 is 12.4 Å². The van der Waals surface area contributed by atoms with E-state index in [9.17, 15) is 10.2 Å². The van der Waals surface area contributed by atoms with Crippen molar-refractivity contribution in [2.75, 3.05) is 33.2 Å². The summed E-state index contributed by atoms with van der Waals surface area (Å²) in [6, 6.07) is 7.21. The van der Waals surface area contributed by atoms with Crippen LogP contribution in [-0.4, -0.2) is 66.9 Å². The molecule has 0 fully saturated rings. The quantitative estimate of drug-likeness (QED) is 0.457. The predicted molar refractivity (Wildman–Crippen MR) is 108 cm³/mol. The number of hydrogen-bond donors (Lipinski definition) is 2. The molecule has 2 unspecified atom stereocenters. The van der Waals surface area contributed by atoms with Crippen LogP contribution in [0, 0.1) is 5.92 Å². The van der Waals surface area contributed by atoms with Crippen molar-refractivity contribution in [1.82, 2.24) is 4.90 Å². The van der Waals surface area contributed by atoms with Crippen molar-refractivity contribution in [3.8, 4) is 5.75 Å². The number of aliphatic hydroxyl groups is 1. The molecule has 0 aliphatic heterocycles. The number of aliphatic hydroxyl groups excluding tert-OH is 1. The minimum atomic E-state index is -0.454. The van der Waals surface area contributed by atoms with E-state index in [1.54, 1.807) is 24.4 Å². The van der Waals surface area contributed by atoms with Crippen LogP contribution < -0.4 is 0 Å². The van der Waals surface area contributed by atoms with E-state index in [0.717, 1.165) is 44.6 Å². The van der Waals surface area contributed by atoms with Gasteiger partial charge in [-0.1, -0.05) is 36.4 Å². The van der Waals surface area contributed by atoms with Crippen LogP contribution in [0.4, 0.5) is 0 Å². The van der Waals surface area contributed by atoms with Gasteiger partial charge < -0.3 is 15.1 Å². The number of nitrogens with zero attached hydrogens (tertiary/aromatic N) is 3. The van der Waals surface area contributed by atoms with Crippen LogP contribution in [-0.2, 0) is 16.8 Å². The Morgan fingerprint density at radius 1 is 1.04 bits per heavy atom. The van der Waals surface area contributed by atoms with Crippen molar-refractivity contribution in [2.24, 2.45) is 15.9 Å². The van der Waals surface area contributed by atoms with Gasteiger partial charge in [0.2, 0.25) is 0 Å². The zero-order valence-electron chi connectivity index (χ0n) is 15.7. The number of hydrogen-bond acceptors (Lipinski definition) is 5. The van der Waals surface area contributed by atoms with Crippen molar-refractivity contribution in [3.63, 3.8) is 0 Å². The maximum atomic E-state index is 9.78. The van der Waals surface area contributed by atoms with Crippen LogP contribution in [0.15, 0.2) is 58.6 Å². The Morgan fingerprint density at radius 3 is 2.41 bits per heavy atom. The Bertz CT molecular complexity index is 659. The molecule has 0 saturated carbocycles. The minimum Gasteiger partial charge on any atom is -0.507 e. The average molecular weight is 414 g/mol. The summed E-state index contributed by atoms with van der Waals surface area (Å²) in [5.41, 5.74) is 0.757. The third-order valence-electron chi connectivity index (χ3n) is 4.25. The Labute approximate surface area is 172 Å². The molecular formula is C21H29CoN3O2. The Kier molecular flexibility index (Phi) is 11.6. The van der Waals surface area contributed by atoms with E-state index < -0.39 is 6.10 Å². The normalized spacial score (nSPS) is 19.2. The Morgan fingerprint density at radius 2 is 1.70 bits per heavy atom. The van der Waals surface area contributed by atoms with Crippen LogP contribution >= 0.6 is 0 Å². The van der Waals surface area contributed by atoms with E-state index in [1.165, 1.54) is 0 Å². The second-order valence-corrected chi connectivity index (χ2v) is 6.50. The van der Waals surface area contributed by atoms with Crippen LogP contribution in [0.1, 0.15) is 18.4 Å². The first-order valence-electron chi connectivity index (χ1n) is 9.16. The fraction of sp³-hybridized carbons (Fsp3) is 0.429. The zero-order valence-corrected chi connectivity index (χ0v) is 16.8. The third-order valence-corrected chi connectivity index (χ3v) is 4.25. The van der Waals surface area contributed by atoms with Gasteiger partial charge in [0.25, 0.3) is 0 Å². The van der Waals surface area contributed by atoms with E-state index in [-0.39, 0.29) is 28.4 Å². The standard InChI is InChI=1S/C21H29N3O2.Co/c1-24(14-6-12-22-16-18-8-2-4-10-20(18)25)15-7-13-23-17-19-9-3-5-11-21(19)26;/h2-5,8-11,16-18,20,25-26H,6-7,12-15H2,1H3;. The second-order valence-electron chi connectivity index (χ2n) is 6.50. The summed E-state index contributed by atoms with van der Waals surface area (Å²) >= 11 is 0. The molecule has 0 aromatic heterocycles. The Balaban J connectivity index is 0.00000364. The van der Waals surface area contributed by atoms with Gasteiger partial charge in [-0.15, -0.1) is 0 Å². The van der Waals surface area contributed by atoms with Crippen LogP contribution in [0.3, 0.4) is 0 Å². The number of allylic oxidation sites excluding steroid dienone is 2. The van der Waals surface area contributed by atoms with Crippen LogP contribution in [0.25, 0.3) is 0 Å². The molecule has 0 heterocycles. The van der Waals surface area contributed by atoms with Gasteiger partial charge in [-0.05, 0) is 45.1 Å². The molecule has 5 nitrogen and oxygen atoms in total. The summed E-state index contributed by atoms with van der Waals surface area (Å²) in [5, 5.41) is 19.4. The molecule has 1 aromatic carbocycles. The van der Waals surface area contributed by atoms with Crippen molar-refractivity contribution < 1.29 is 27.0 Å². The first kappa shape index (κ1) is 23.3. The molecule has 2 rings (SSSR count).